The van der Waals surface area contributed by atoms with Gasteiger partial charge in [-0.25, -0.2) is 9.78 Å². The standard InChI is InChI=1S/C18H29N5O3/c19-15-13-20-17(26-11-10-22-6-2-1-3-7-22)12-16(15)21-14-4-8-23(9-5-14)18(24)25/h12-14H,1-11,19H2,(H,20,21)(H,24,25). The molecule has 4 N–H and O–H groups in total. The molecule has 0 atom stereocenters. The molecule has 1 aromatic heterocycles. The molecule has 0 unspecified atom stereocenters. The van der Waals surface area contributed by atoms with Crippen LogP contribution in [0.25, 0.3) is 0 Å². The minimum absolute atomic E-state index is 0.205. The number of nitrogen functional groups attached to an aromatic ring is 1. The summed E-state index contributed by atoms with van der Waals surface area (Å²) < 4.78 is 5.81. The van der Waals surface area contributed by atoms with Gasteiger partial charge in [-0.1, -0.05) is 6.42 Å². The van der Waals surface area contributed by atoms with Crippen LogP contribution in [-0.2, 0) is 0 Å². The van der Waals surface area contributed by atoms with Crippen LogP contribution in [0.3, 0.4) is 0 Å². The summed E-state index contributed by atoms with van der Waals surface area (Å²) in [5, 5.41) is 12.4. The van der Waals surface area contributed by atoms with Crippen LogP contribution in [0.2, 0.25) is 0 Å². The zero-order valence-electron chi connectivity index (χ0n) is 15.2. The molecule has 2 saturated heterocycles. The van der Waals surface area contributed by atoms with E-state index in [4.69, 9.17) is 15.6 Å². The molecule has 3 heterocycles. The number of anilines is 2. The van der Waals surface area contributed by atoms with Gasteiger partial charge in [-0.3, -0.25) is 4.90 Å². The van der Waals surface area contributed by atoms with Crippen LogP contribution in [0.15, 0.2) is 12.3 Å². The lowest BCUT2D eigenvalue weighted by molar-refractivity contribution is 0.134. The molecule has 8 nitrogen and oxygen atoms in total. The Morgan fingerprint density at radius 1 is 1.27 bits per heavy atom. The highest BCUT2D eigenvalue weighted by Crippen LogP contribution is 2.25. The molecule has 0 bridgehead atoms. The maximum Gasteiger partial charge on any atom is 0.407 e. The van der Waals surface area contributed by atoms with Gasteiger partial charge in [-0.05, 0) is 38.8 Å². The number of ether oxygens (including phenoxy) is 1. The average Bonchev–Trinajstić information content (AvgIpc) is 2.65. The van der Waals surface area contributed by atoms with Crippen LogP contribution < -0.4 is 15.8 Å². The zero-order valence-corrected chi connectivity index (χ0v) is 15.2. The molecule has 2 aliphatic rings. The lowest BCUT2D eigenvalue weighted by Gasteiger charge is -2.31. The molecule has 3 rings (SSSR count). The molecule has 0 aromatic carbocycles. The lowest BCUT2D eigenvalue weighted by Crippen LogP contribution is -2.41. The van der Waals surface area contributed by atoms with Crippen molar-refractivity contribution in [3.05, 3.63) is 12.3 Å². The summed E-state index contributed by atoms with van der Waals surface area (Å²) in [4.78, 5) is 19.1. The maximum absolute atomic E-state index is 11.0. The summed E-state index contributed by atoms with van der Waals surface area (Å²) in [5.74, 6) is 0.571. The van der Waals surface area contributed by atoms with E-state index in [1.165, 1.54) is 24.2 Å². The Morgan fingerprint density at radius 2 is 2.00 bits per heavy atom. The van der Waals surface area contributed by atoms with Crippen LogP contribution >= 0.6 is 0 Å². The van der Waals surface area contributed by atoms with Gasteiger partial charge in [0.1, 0.15) is 6.61 Å². The van der Waals surface area contributed by atoms with E-state index in [1.807, 2.05) is 6.07 Å². The van der Waals surface area contributed by atoms with Gasteiger partial charge in [-0.2, -0.15) is 0 Å². The molecule has 0 spiro atoms. The Hall–Kier alpha value is -2.22. The molecule has 8 heteroatoms. The zero-order chi connectivity index (χ0) is 18.4. The number of piperidine rings is 2. The Morgan fingerprint density at radius 3 is 2.69 bits per heavy atom. The van der Waals surface area contributed by atoms with Gasteiger partial charge in [0.05, 0.1) is 17.6 Å². The average molecular weight is 363 g/mol. The molecule has 144 valence electrons. The summed E-state index contributed by atoms with van der Waals surface area (Å²) in [5.41, 5.74) is 7.42. The molecule has 0 radical (unpaired) electrons. The maximum atomic E-state index is 11.0. The van der Waals surface area contributed by atoms with Crippen molar-refractivity contribution >= 4 is 17.5 Å². The second-order valence-corrected chi connectivity index (χ2v) is 7.05. The molecule has 2 aliphatic heterocycles. The largest absolute Gasteiger partial charge is 0.476 e. The van der Waals surface area contributed by atoms with Gasteiger partial charge >= 0.3 is 6.09 Å². The summed E-state index contributed by atoms with van der Waals surface area (Å²) in [6.45, 7) is 4.92. The first-order chi connectivity index (χ1) is 12.6. The third kappa shape index (κ3) is 5.14. The van der Waals surface area contributed by atoms with Gasteiger partial charge in [0, 0.05) is 31.7 Å². The summed E-state index contributed by atoms with van der Waals surface area (Å²) >= 11 is 0. The van der Waals surface area contributed by atoms with Crippen molar-refractivity contribution in [2.45, 2.75) is 38.1 Å². The first-order valence-electron chi connectivity index (χ1n) is 9.47. The Bertz CT molecular complexity index is 598. The van der Waals surface area contributed by atoms with E-state index in [9.17, 15) is 4.79 Å². The fourth-order valence-corrected chi connectivity index (χ4v) is 3.55. The number of nitrogens with one attached hydrogen (secondary N) is 1. The third-order valence-electron chi connectivity index (χ3n) is 5.14. The topological polar surface area (TPSA) is 104 Å². The van der Waals surface area contributed by atoms with Gasteiger partial charge in [0.25, 0.3) is 0 Å². The van der Waals surface area contributed by atoms with Gasteiger partial charge in [-0.15, -0.1) is 0 Å². The number of pyridine rings is 1. The number of hydrogen-bond acceptors (Lipinski definition) is 6. The molecular formula is C18H29N5O3. The van der Waals surface area contributed by atoms with E-state index in [-0.39, 0.29) is 6.04 Å². The molecule has 2 fully saturated rings. The smallest absolute Gasteiger partial charge is 0.407 e. The van der Waals surface area contributed by atoms with Crippen LogP contribution in [0.4, 0.5) is 16.2 Å². The predicted octanol–water partition coefficient (Wildman–Crippen LogP) is 2.08. The molecular weight excluding hydrogens is 334 g/mol. The molecule has 26 heavy (non-hydrogen) atoms. The number of hydrogen-bond donors (Lipinski definition) is 3. The van der Waals surface area contributed by atoms with Gasteiger partial charge in [0.2, 0.25) is 5.88 Å². The van der Waals surface area contributed by atoms with Crippen LogP contribution in [-0.4, -0.2) is 71.4 Å². The number of nitrogens with zero attached hydrogens (tertiary/aromatic N) is 3. The van der Waals surface area contributed by atoms with Crippen molar-refractivity contribution in [1.29, 1.82) is 0 Å². The van der Waals surface area contributed by atoms with Crippen molar-refractivity contribution in [3.8, 4) is 5.88 Å². The van der Waals surface area contributed by atoms with Crippen molar-refractivity contribution < 1.29 is 14.6 Å². The van der Waals surface area contributed by atoms with Gasteiger partial charge < -0.3 is 25.8 Å². The van der Waals surface area contributed by atoms with Gasteiger partial charge in [0.15, 0.2) is 0 Å². The van der Waals surface area contributed by atoms with Crippen molar-refractivity contribution in [2.75, 3.05) is 50.4 Å². The number of amides is 1. The molecule has 1 aromatic rings. The van der Waals surface area contributed by atoms with E-state index in [2.05, 4.69) is 15.2 Å². The van der Waals surface area contributed by atoms with Crippen LogP contribution in [0.1, 0.15) is 32.1 Å². The fourth-order valence-electron chi connectivity index (χ4n) is 3.55. The normalized spacial score (nSPS) is 19.3. The Balaban J connectivity index is 1.48. The van der Waals surface area contributed by atoms with E-state index in [0.717, 1.165) is 38.2 Å². The van der Waals surface area contributed by atoms with E-state index < -0.39 is 6.09 Å². The van der Waals surface area contributed by atoms with E-state index in [1.54, 1.807) is 6.20 Å². The van der Waals surface area contributed by atoms with Crippen molar-refractivity contribution in [2.24, 2.45) is 0 Å². The van der Waals surface area contributed by atoms with Crippen LogP contribution in [0.5, 0.6) is 5.88 Å². The summed E-state index contributed by atoms with van der Waals surface area (Å²) in [6.07, 6.45) is 6.17. The van der Waals surface area contributed by atoms with E-state index in [0.29, 0.717) is 31.3 Å². The quantitative estimate of drug-likeness (QED) is 0.711. The summed E-state index contributed by atoms with van der Waals surface area (Å²) in [6, 6.07) is 2.05. The number of rotatable bonds is 6. The van der Waals surface area contributed by atoms with Crippen molar-refractivity contribution in [1.82, 2.24) is 14.8 Å². The highest BCUT2D eigenvalue weighted by Gasteiger charge is 2.22. The number of nitrogens with two attached hydrogens (primary N) is 1. The number of aromatic nitrogens is 1. The lowest BCUT2D eigenvalue weighted by atomic mass is 10.1. The number of carbonyl (C=O) groups is 1. The fraction of sp³-hybridized carbons (Fsp3) is 0.667. The van der Waals surface area contributed by atoms with Crippen molar-refractivity contribution in [3.63, 3.8) is 0 Å². The number of carboxylic acid groups (broad SMARTS) is 1. The predicted molar refractivity (Wildman–Crippen MR) is 101 cm³/mol. The molecule has 0 aliphatic carbocycles. The minimum atomic E-state index is -0.851. The second kappa shape index (κ2) is 8.93. The molecule has 1 amide bonds. The minimum Gasteiger partial charge on any atom is -0.476 e. The monoisotopic (exact) mass is 363 g/mol. The van der Waals surface area contributed by atoms with Crippen LogP contribution in [0, 0.1) is 0 Å². The third-order valence-corrected chi connectivity index (χ3v) is 5.14. The highest BCUT2D eigenvalue weighted by atomic mass is 16.5. The summed E-state index contributed by atoms with van der Waals surface area (Å²) in [7, 11) is 0. The first kappa shape index (κ1) is 18.6. The Labute approximate surface area is 154 Å². The SMILES string of the molecule is Nc1cnc(OCCN2CCCCC2)cc1NC1CCN(C(=O)O)CC1. The molecule has 0 saturated carbocycles. The second-order valence-electron chi connectivity index (χ2n) is 7.05. The highest BCUT2D eigenvalue weighted by molar-refractivity contribution is 5.67. The Kier molecular flexibility index (Phi) is 6.38. The first-order valence-corrected chi connectivity index (χ1v) is 9.47. The van der Waals surface area contributed by atoms with E-state index >= 15 is 0 Å². The number of likely N-dealkylation sites (tertiary alicyclic amines) is 2.